The van der Waals surface area contributed by atoms with E-state index in [4.69, 9.17) is 14.2 Å². The summed E-state index contributed by atoms with van der Waals surface area (Å²) in [7, 11) is 3.24. The minimum atomic E-state index is -1.14. The Morgan fingerprint density at radius 2 is 1.86 bits per heavy atom. The third-order valence-corrected chi connectivity index (χ3v) is 3.22. The maximum Gasteiger partial charge on any atom is 0.161 e. The topological polar surface area (TPSA) is 68.2 Å². The lowest BCUT2D eigenvalue weighted by atomic mass is 9.95. The molecule has 0 saturated carbocycles. The molecule has 0 spiro atoms. The molecule has 0 aliphatic heterocycles. The average molecular weight is 298 g/mol. The highest BCUT2D eigenvalue weighted by molar-refractivity contribution is 5.43. The fourth-order valence-corrected chi connectivity index (χ4v) is 1.82. The molecule has 1 aromatic carbocycles. The van der Waals surface area contributed by atoms with Crippen molar-refractivity contribution in [1.82, 2.24) is 0 Å². The van der Waals surface area contributed by atoms with Crippen LogP contribution in [0.15, 0.2) is 18.2 Å². The molecule has 1 unspecified atom stereocenters. The van der Waals surface area contributed by atoms with Gasteiger partial charge < -0.3 is 24.4 Å². The summed E-state index contributed by atoms with van der Waals surface area (Å²) in [6, 6.07) is 5.49. The van der Waals surface area contributed by atoms with Crippen molar-refractivity contribution in [2.24, 2.45) is 0 Å². The van der Waals surface area contributed by atoms with Gasteiger partial charge in [-0.15, -0.1) is 0 Å². The average Bonchev–Trinajstić information content (AvgIpc) is 2.43. The van der Waals surface area contributed by atoms with E-state index in [1.165, 1.54) is 0 Å². The standard InChI is InChI=1S/C16H26O5/c1-16(2,18)15(17)11-12-6-7-13(20-4)14(10-12)21-9-5-8-19-3/h6-7,10,15,17-18H,5,8-9,11H2,1-4H3. The van der Waals surface area contributed by atoms with Gasteiger partial charge in [-0.3, -0.25) is 0 Å². The van der Waals surface area contributed by atoms with Crippen molar-refractivity contribution >= 4 is 0 Å². The maximum atomic E-state index is 9.96. The zero-order valence-corrected chi connectivity index (χ0v) is 13.3. The number of ether oxygens (including phenoxy) is 3. The summed E-state index contributed by atoms with van der Waals surface area (Å²) < 4.78 is 15.9. The van der Waals surface area contributed by atoms with E-state index in [2.05, 4.69) is 0 Å². The van der Waals surface area contributed by atoms with Gasteiger partial charge in [0, 0.05) is 26.6 Å². The predicted octanol–water partition coefficient (Wildman–Crippen LogP) is 1.78. The Hall–Kier alpha value is -1.30. The fraction of sp³-hybridized carbons (Fsp3) is 0.625. The summed E-state index contributed by atoms with van der Waals surface area (Å²) in [5, 5.41) is 19.8. The molecule has 1 rings (SSSR count). The molecule has 0 saturated heterocycles. The first kappa shape index (κ1) is 17.8. The normalized spacial score (nSPS) is 13.0. The Bertz CT molecular complexity index is 425. The zero-order chi connectivity index (χ0) is 15.9. The third-order valence-electron chi connectivity index (χ3n) is 3.22. The van der Waals surface area contributed by atoms with Crippen molar-refractivity contribution < 1.29 is 24.4 Å². The third kappa shape index (κ3) is 5.91. The molecule has 5 nitrogen and oxygen atoms in total. The number of hydrogen-bond acceptors (Lipinski definition) is 5. The number of benzene rings is 1. The number of rotatable bonds is 9. The molecule has 0 fully saturated rings. The van der Waals surface area contributed by atoms with Crippen LogP contribution in [0.25, 0.3) is 0 Å². The summed E-state index contributed by atoms with van der Waals surface area (Å²) in [5.74, 6) is 1.28. The molecule has 0 aliphatic carbocycles. The first-order valence-electron chi connectivity index (χ1n) is 7.07. The van der Waals surface area contributed by atoms with Gasteiger partial charge >= 0.3 is 0 Å². The van der Waals surface area contributed by atoms with E-state index in [1.54, 1.807) is 34.1 Å². The SMILES string of the molecule is COCCCOc1cc(CC(O)C(C)(C)O)ccc1OC. The Labute approximate surface area is 126 Å². The van der Waals surface area contributed by atoms with Gasteiger partial charge in [0.05, 0.1) is 25.4 Å². The molecule has 5 heteroatoms. The van der Waals surface area contributed by atoms with Crippen molar-refractivity contribution in [2.75, 3.05) is 27.4 Å². The van der Waals surface area contributed by atoms with Crippen LogP contribution in [0.1, 0.15) is 25.8 Å². The smallest absolute Gasteiger partial charge is 0.161 e. The van der Waals surface area contributed by atoms with E-state index < -0.39 is 11.7 Å². The van der Waals surface area contributed by atoms with Crippen molar-refractivity contribution in [3.05, 3.63) is 23.8 Å². The largest absolute Gasteiger partial charge is 0.493 e. The van der Waals surface area contributed by atoms with Crippen LogP contribution in [0.4, 0.5) is 0 Å². The van der Waals surface area contributed by atoms with Gasteiger partial charge in [-0.25, -0.2) is 0 Å². The lowest BCUT2D eigenvalue weighted by molar-refractivity contribution is -0.0469. The van der Waals surface area contributed by atoms with E-state index in [1.807, 2.05) is 12.1 Å². The van der Waals surface area contributed by atoms with Crippen molar-refractivity contribution in [2.45, 2.75) is 38.4 Å². The minimum Gasteiger partial charge on any atom is -0.493 e. The van der Waals surface area contributed by atoms with Crippen LogP contribution in [0.3, 0.4) is 0 Å². The van der Waals surface area contributed by atoms with Gasteiger partial charge in [-0.05, 0) is 31.5 Å². The molecule has 0 aliphatic rings. The molecule has 0 bridgehead atoms. The molecule has 2 N–H and O–H groups in total. The molecular weight excluding hydrogens is 272 g/mol. The van der Waals surface area contributed by atoms with Gasteiger partial charge in [-0.2, -0.15) is 0 Å². The quantitative estimate of drug-likeness (QED) is 0.680. The van der Waals surface area contributed by atoms with Crippen molar-refractivity contribution in [1.29, 1.82) is 0 Å². The fourth-order valence-electron chi connectivity index (χ4n) is 1.82. The summed E-state index contributed by atoms with van der Waals surface area (Å²) >= 11 is 0. The molecule has 1 aromatic rings. The number of aliphatic hydroxyl groups excluding tert-OH is 1. The van der Waals surface area contributed by atoms with Crippen LogP contribution >= 0.6 is 0 Å². The summed E-state index contributed by atoms with van der Waals surface area (Å²) in [5.41, 5.74) is -0.258. The Morgan fingerprint density at radius 3 is 2.43 bits per heavy atom. The Balaban J connectivity index is 2.74. The Morgan fingerprint density at radius 1 is 1.14 bits per heavy atom. The second kappa shape index (κ2) is 8.22. The minimum absolute atomic E-state index is 0.349. The summed E-state index contributed by atoms with van der Waals surface area (Å²) in [6.07, 6.45) is 0.296. The lowest BCUT2D eigenvalue weighted by Crippen LogP contribution is -2.37. The van der Waals surface area contributed by atoms with E-state index in [0.717, 1.165) is 12.0 Å². The van der Waals surface area contributed by atoms with Crippen LogP contribution in [0.5, 0.6) is 11.5 Å². The van der Waals surface area contributed by atoms with Crippen molar-refractivity contribution in [3.8, 4) is 11.5 Å². The number of hydrogen-bond donors (Lipinski definition) is 2. The zero-order valence-electron chi connectivity index (χ0n) is 13.3. The second-order valence-electron chi connectivity index (χ2n) is 5.55. The second-order valence-corrected chi connectivity index (χ2v) is 5.55. The van der Waals surface area contributed by atoms with Crippen LogP contribution < -0.4 is 9.47 Å². The number of aliphatic hydroxyl groups is 2. The van der Waals surface area contributed by atoms with Crippen LogP contribution in [-0.4, -0.2) is 49.4 Å². The van der Waals surface area contributed by atoms with E-state index in [9.17, 15) is 10.2 Å². The summed E-state index contributed by atoms with van der Waals surface area (Å²) in [4.78, 5) is 0. The lowest BCUT2D eigenvalue weighted by Gasteiger charge is -2.24. The highest BCUT2D eigenvalue weighted by atomic mass is 16.5. The van der Waals surface area contributed by atoms with Gasteiger partial charge in [0.2, 0.25) is 0 Å². The highest BCUT2D eigenvalue weighted by Gasteiger charge is 2.24. The van der Waals surface area contributed by atoms with Crippen LogP contribution in [-0.2, 0) is 11.2 Å². The van der Waals surface area contributed by atoms with E-state index in [0.29, 0.717) is 31.1 Å². The van der Waals surface area contributed by atoms with Gasteiger partial charge in [0.25, 0.3) is 0 Å². The monoisotopic (exact) mass is 298 g/mol. The molecule has 0 radical (unpaired) electrons. The molecular formula is C16H26O5. The van der Waals surface area contributed by atoms with Crippen molar-refractivity contribution in [3.63, 3.8) is 0 Å². The number of methoxy groups -OCH3 is 2. The van der Waals surface area contributed by atoms with Gasteiger partial charge in [-0.1, -0.05) is 6.07 Å². The molecule has 0 amide bonds. The molecule has 21 heavy (non-hydrogen) atoms. The van der Waals surface area contributed by atoms with Crippen LogP contribution in [0.2, 0.25) is 0 Å². The predicted molar refractivity (Wildman–Crippen MR) is 81.0 cm³/mol. The van der Waals surface area contributed by atoms with Crippen LogP contribution in [0, 0.1) is 0 Å². The Kier molecular flexibility index (Phi) is 6.95. The molecule has 120 valence electrons. The van der Waals surface area contributed by atoms with E-state index in [-0.39, 0.29) is 0 Å². The highest BCUT2D eigenvalue weighted by Crippen LogP contribution is 2.29. The van der Waals surface area contributed by atoms with Gasteiger partial charge in [0.15, 0.2) is 11.5 Å². The molecule has 0 heterocycles. The summed E-state index contributed by atoms with van der Waals surface area (Å²) in [6.45, 7) is 4.34. The first-order chi connectivity index (χ1) is 9.88. The molecule has 0 aromatic heterocycles. The maximum absolute atomic E-state index is 9.96. The van der Waals surface area contributed by atoms with E-state index >= 15 is 0 Å². The first-order valence-corrected chi connectivity index (χ1v) is 7.07. The molecule has 1 atom stereocenters. The van der Waals surface area contributed by atoms with Gasteiger partial charge in [0.1, 0.15) is 0 Å².